The second kappa shape index (κ2) is 7.42. The minimum absolute atomic E-state index is 0.0192. The van der Waals surface area contributed by atoms with Gasteiger partial charge in [0, 0.05) is 25.9 Å². The predicted molar refractivity (Wildman–Crippen MR) is 90.2 cm³/mol. The summed E-state index contributed by atoms with van der Waals surface area (Å²) in [6.07, 6.45) is 8.64. The standard InChI is InChI=1S/C17H22N6O2/c1-12-19-5-7-22(12)11-17(25)20-9-14-8-18-10-15(21-14)16-4-3-6-23(16)13(2)24/h5,7-8,10,16H,3-4,6,9,11H2,1-2H3,(H,20,25)/t16-/m1/s1. The SMILES string of the molecule is CC(=O)N1CCC[C@@H]1c1cncc(CNC(=O)Cn2ccnc2C)n1. The van der Waals surface area contributed by atoms with Gasteiger partial charge in [-0.1, -0.05) is 0 Å². The first-order valence-electron chi connectivity index (χ1n) is 8.37. The van der Waals surface area contributed by atoms with E-state index in [1.807, 2.05) is 11.8 Å². The molecule has 0 aromatic carbocycles. The number of carbonyl (C=O) groups is 2. The van der Waals surface area contributed by atoms with Gasteiger partial charge in [-0.15, -0.1) is 0 Å². The Labute approximate surface area is 146 Å². The molecule has 3 rings (SSSR count). The zero-order valence-corrected chi connectivity index (χ0v) is 14.5. The molecule has 1 saturated heterocycles. The number of amides is 2. The molecule has 8 heteroatoms. The molecule has 2 aromatic heterocycles. The Hall–Kier alpha value is -2.77. The van der Waals surface area contributed by atoms with Crippen LogP contribution in [0.25, 0.3) is 0 Å². The maximum Gasteiger partial charge on any atom is 0.240 e. The molecule has 0 bridgehead atoms. The van der Waals surface area contributed by atoms with Crippen LogP contribution in [-0.4, -0.2) is 42.8 Å². The fourth-order valence-corrected chi connectivity index (χ4v) is 3.09. The third-order valence-corrected chi connectivity index (χ3v) is 4.41. The largest absolute Gasteiger partial charge is 0.349 e. The number of aromatic nitrogens is 4. The van der Waals surface area contributed by atoms with Gasteiger partial charge in [0.05, 0.1) is 36.4 Å². The van der Waals surface area contributed by atoms with Crippen LogP contribution in [0.15, 0.2) is 24.8 Å². The molecule has 1 atom stereocenters. The number of aryl methyl sites for hydroxylation is 1. The van der Waals surface area contributed by atoms with E-state index in [4.69, 9.17) is 0 Å². The molecule has 1 aliphatic rings. The molecule has 3 heterocycles. The average Bonchev–Trinajstić information content (AvgIpc) is 3.23. The van der Waals surface area contributed by atoms with Crippen molar-refractivity contribution in [3.8, 4) is 0 Å². The lowest BCUT2D eigenvalue weighted by atomic mass is 10.1. The van der Waals surface area contributed by atoms with Gasteiger partial charge < -0.3 is 14.8 Å². The minimum Gasteiger partial charge on any atom is -0.349 e. The lowest BCUT2D eigenvalue weighted by Crippen LogP contribution is -2.30. The summed E-state index contributed by atoms with van der Waals surface area (Å²) in [6.45, 7) is 4.71. The van der Waals surface area contributed by atoms with Crippen LogP contribution in [0.2, 0.25) is 0 Å². The zero-order chi connectivity index (χ0) is 17.8. The van der Waals surface area contributed by atoms with Crippen LogP contribution in [0.4, 0.5) is 0 Å². The number of nitrogens with zero attached hydrogens (tertiary/aromatic N) is 5. The van der Waals surface area contributed by atoms with E-state index in [1.54, 1.807) is 36.3 Å². The van der Waals surface area contributed by atoms with Gasteiger partial charge in [-0.25, -0.2) is 4.98 Å². The Bertz CT molecular complexity index is 772. The van der Waals surface area contributed by atoms with E-state index in [0.717, 1.165) is 30.9 Å². The van der Waals surface area contributed by atoms with Crippen LogP contribution in [-0.2, 0) is 22.7 Å². The summed E-state index contributed by atoms with van der Waals surface area (Å²) in [5.74, 6) is 0.737. The van der Waals surface area contributed by atoms with Gasteiger partial charge in [-0.05, 0) is 19.8 Å². The molecule has 1 fully saturated rings. The second-order valence-electron chi connectivity index (χ2n) is 6.18. The van der Waals surface area contributed by atoms with Crippen molar-refractivity contribution in [2.24, 2.45) is 0 Å². The van der Waals surface area contributed by atoms with Crippen LogP contribution in [0, 0.1) is 6.92 Å². The molecule has 1 N–H and O–H groups in total. The topological polar surface area (TPSA) is 93.0 Å². The summed E-state index contributed by atoms with van der Waals surface area (Å²) in [7, 11) is 0. The van der Waals surface area contributed by atoms with Crippen molar-refractivity contribution >= 4 is 11.8 Å². The van der Waals surface area contributed by atoms with Crippen molar-refractivity contribution in [3.63, 3.8) is 0 Å². The molecular formula is C17H22N6O2. The van der Waals surface area contributed by atoms with Gasteiger partial charge >= 0.3 is 0 Å². The molecule has 0 radical (unpaired) electrons. The Morgan fingerprint density at radius 3 is 2.92 bits per heavy atom. The first-order chi connectivity index (χ1) is 12.0. The van der Waals surface area contributed by atoms with E-state index >= 15 is 0 Å². The van der Waals surface area contributed by atoms with Gasteiger partial charge in [-0.3, -0.25) is 19.6 Å². The monoisotopic (exact) mass is 342 g/mol. The highest BCUT2D eigenvalue weighted by molar-refractivity contribution is 5.75. The van der Waals surface area contributed by atoms with Crippen molar-refractivity contribution in [2.75, 3.05) is 6.54 Å². The van der Waals surface area contributed by atoms with Crippen LogP contribution in [0.3, 0.4) is 0 Å². The van der Waals surface area contributed by atoms with Crippen LogP contribution in [0.1, 0.15) is 43.0 Å². The molecule has 0 aliphatic carbocycles. The van der Waals surface area contributed by atoms with Crippen LogP contribution >= 0.6 is 0 Å². The van der Waals surface area contributed by atoms with Crippen molar-refractivity contribution in [2.45, 2.75) is 45.8 Å². The molecule has 1 aliphatic heterocycles. The van der Waals surface area contributed by atoms with Gasteiger partial charge in [0.25, 0.3) is 0 Å². The fourth-order valence-electron chi connectivity index (χ4n) is 3.09. The molecule has 2 aromatic rings. The van der Waals surface area contributed by atoms with E-state index in [2.05, 4.69) is 20.3 Å². The molecule has 25 heavy (non-hydrogen) atoms. The maximum absolute atomic E-state index is 12.1. The minimum atomic E-state index is -0.112. The van der Waals surface area contributed by atoms with Crippen LogP contribution in [0.5, 0.6) is 0 Å². The second-order valence-corrected chi connectivity index (χ2v) is 6.18. The third kappa shape index (κ3) is 4.01. The van der Waals surface area contributed by atoms with Gasteiger partial charge in [0.1, 0.15) is 12.4 Å². The summed E-state index contributed by atoms with van der Waals surface area (Å²) < 4.78 is 1.78. The highest BCUT2D eigenvalue weighted by Gasteiger charge is 2.29. The number of hydrogen-bond acceptors (Lipinski definition) is 5. The molecule has 0 unspecified atom stereocenters. The first kappa shape index (κ1) is 17.1. The van der Waals surface area contributed by atoms with E-state index in [0.29, 0.717) is 12.2 Å². The number of rotatable bonds is 5. The summed E-state index contributed by atoms with van der Waals surface area (Å²) in [6, 6.07) is -0.0192. The number of carbonyl (C=O) groups excluding carboxylic acids is 2. The summed E-state index contributed by atoms with van der Waals surface area (Å²) in [4.78, 5) is 38.5. The molecule has 0 saturated carbocycles. The molecule has 0 spiro atoms. The maximum atomic E-state index is 12.1. The third-order valence-electron chi connectivity index (χ3n) is 4.41. The smallest absolute Gasteiger partial charge is 0.240 e. The highest BCUT2D eigenvalue weighted by Crippen LogP contribution is 2.30. The predicted octanol–water partition coefficient (Wildman–Crippen LogP) is 0.981. The average molecular weight is 342 g/mol. The van der Waals surface area contributed by atoms with E-state index < -0.39 is 0 Å². The highest BCUT2D eigenvalue weighted by atomic mass is 16.2. The first-order valence-corrected chi connectivity index (χ1v) is 8.37. The summed E-state index contributed by atoms with van der Waals surface area (Å²) in [5, 5.41) is 2.85. The number of likely N-dealkylation sites (tertiary alicyclic amines) is 1. The Kier molecular flexibility index (Phi) is 5.06. The van der Waals surface area contributed by atoms with Gasteiger partial charge in [0.2, 0.25) is 11.8 Å². The Balaban J connectivity index is 1.61. The Morgan fingerprint density at radius 1 is 1.36 bits per heavy atom. The molecule has 132 valence electrons. The van der Waals surface area contributed by atoms with E-state index in [1.165, 1.54) is 0 Å². The van der Waals surface area contributed by atoms with E-state index in [-0.39, 0.29) is 24.4 Å². The van der Waals surface area contributed by atoms with Crippen molar-refractivity contribution in [3.05, 3.63) is 42.0 Å². The quantitative estimate of drug-likeness (QED) is 0.874. The van der Waals surface area contributed by atoms with Crippen molar-refractivity contribution < 1.29 is 9.59 Å². The molecule has 8 nitrogen and oxygen atoms in total. The number of nitrogens with one attached hydrogen (secondary N) is 1. The summed E-state index contributed by atoms with van der Waals surface area (Å²) in [5.41, 5.74) is 1.47. The number of imidazole rings is 1. The van der Waals surface area contributed by atoms with Crippen molar-refractivity contribution in [1.82, 2.24) is 29.7 Å². The van der Waals surface area contributed by atoms with E-state index in [9.17, 15) is 9.59 Å². The fraction of sp³-hybridized carbons (Fsp3) is 0.471. The lowest BCUT2D eigenvalue weighted by molar-refractivity contribution is -0.129. The van der Waals surface area contributed by atoms with Crippen LogP contribution < -0.4 is 5.32 Å². The van der Waals surface area contributed by atoms with Crippen molar-refractivity contribution in [1.29, 1.82) is 0 Å². The summed E-state index contributed by atoms with van der Waals surface area (Å²) >= 11 is 0. The molecule has 2 amide bonds. The van der Waals surface area contributed by atoms with Gasteiger partial charge in [-0.2, -0.15) is 0 Å². The normalized spacial score (nSPS) is 16.9. The number of hydrogen-bond donors (Lipinski definition) is 1. The molecular weight excluding hydrogens is 320 g/mol. The zero-order valence-electron chi connectivity index (χ0n) is 14.5. The lowest BCUT2D eigenvalue weighted by Gasteiger charge is -2.22. The van der Waals surface area contributed by atoms with Gasteiger partial charge in [0.15, 0.2) is 0 Å². The Morgan fingerprint density at radius 2 is 2.20 bits per heavy atom.